The summed E-state index contributed by atoms with van der Waals surface area (Å²) in [7, 11) is 0. The fourth-order valence-electron chi connectivity index (χ4n) is 3.85. The molecule has 2 unspecified atom stereocenters. The summed E-state index contributed by atoms with van der Waals surface area (Å²) in [6.07, 6.45) is 2.83. The summed E-state index contributed by atoms with van der Waals surface area (Å²) in [4.78, 5) is 27.5. The molecule has 6 nitrogen and oxygen atoms in total. The van der Waals surface area contributed by atoms with Crippen LogP contribution >= 0.6 is 0 Å². The molecule has 1 saturated carbocycles. The average Bonchev–Trinajstić information content (AvgIpc) is 3.06. The fourth-order valence-corrected chi connectivity index (χ4v) is 3.85. The van der Waals surface area contributed by atoms with Crippen LogP contribution in [-0.2, 0) is 20.7 Å². The first-order chi connectivity index (χ1) is 12.3. The number of aryl methyl sites for hydroxylation is 1. The lowest BCUT2D eigenvalue weighted by Gasteiger charge is -2.58. The number of carboxylic acid groups (broad SMARTS) is 1. The first-order valence-electron chi connectivity index (χ1n) is 9.02. The van der Waals surface area contributed by atoms with Gasteiger partial charge in [0.1, 0.15) is 5.54 Å². The minimum atomic E-state index is -1.27. The van der Waals surface area contributed by atoms with Gasteiger partial charge in [-0.25, -0.2) is 4.79 Å². The molecule has 3 N–H and O–H groups in total. The van der Waals surface area contributed by atoms with Gasteiger partial charge >= 0.3 is 5.97 Å². The second-order valence-electron chi connectivity index (χ2n) is 7.53. The molecule has 140 valence electrons. The highest BCUT2D eigenvalue weighted by Crippen LogP contribution is 2.51. The van der Waals surface area contributed by atoms with Crippen molar-refractivity contribution in [3.63, 3.8) is 0 Å². The average molecular weight is 358 g/mol. The lowest BCUT2D eigenvalue weighted by atomic mass is 9.54. The van der Waals surface area contributed by atoms with Gasteiger partial charge in [-0.3, -0.25) is 4.79 Å². The number of rotatable bonds is 7. The normalized spacial score (nSPS) is 24.2. The Morgan fingerprint density at radius 2 is 2.12 bits per heavy atom. The molecule has 0 spiro atoms. The molecule has 1 aromatic heterocycles. The molecular formula is C20H26N2O4. The van der Waals surface area contributed by atoms with Crippen LogP contribution in [0.4, 0.5) is 0 Å². The van der Waals surface area contributed by atoms with Gasteiger partial charge in [0.2, 0.25) is 5.91 Å². The second kappa shape index (κ2) is 6.76. The van der Waals surface area contributed by atoms with E-state index in [-0.39, 0.29) is 18.4 Å². The fraction of sp³-hybridized carbons (Fsp3) is 0.500. The summed E-state index contributed by atoms with van der Waals surface area (Å²) in [5.74, 6) is -1.25. The van der Waals surface area contributed by atoms with Gasteiger partial charge in [0.05, 0.1) is 6.10 Å². The van der Waals surface area contributed by atoms with Gasteiger partial charge in [0.15, 0.2) is 0 Å². The van der Waals surface area contributed by atoms with E-state index < -0.39 is 16.9 Å². The van der Waals surface area contributed by atoms with Gasteiger partial charge in [0, 0.05) is 36.6 Å². The first kappa shape index (κ1) is 18.5. The number of aromatic nitrogens is 1. The van der Waals surface area contributed by atoms with Crippen molar-refractivity contribution in [2.24, 2.45) is 5.41 Å². The largest absolute Gasteiger partial charge is 0.479 e. The highest BCUT2D eigenvalue weighted by molar-refractivity contribution is 5.89. The number of ether oxygens (including phenoxy) is 1. The Hall–Kier alpha value is -2.34. The SMILES string of the molecule is CCOC1CC(NC(=O)CCc2ccc3[nH]ccc3c2)(C(=O)O)C1(C)C. The molecule has 1 aromatic carbocycles. The number of amides is 1. The van der Waals surface area contributed by atoms with Crippen molar-refractivity contribution in [1.82, 2.24) is 10.3 Å². The number of benzene rings is 1. The molecule has 0 saturated heterocycles. The Labute approximate surface area is 152 Å². The van der Waals surface area contributed by atoms with E-state index in [0.29, 0.717) is 19.4 Å². The van der Waals surface area contributed by atoms with E-state index >= 15 is 0 Å². The first-order valence-corrected chi connectivity index (χ1v) is 9.02. The smallest absolute Gasteiger partial charge is 0.330 e. The third kappa shape index (κ3) is 2.98. The second-order valence-corrected chi connectivity index (χ2v) is 7.53. The molecule has 0 bridgehead atoms. The van der Waals surface area contributed by atoms with Crippen molar-refractivity contribution in [3.05, 3.63) is 36.0 Å². The standard InChI is InChI=1S/C20H26N2O4/c1-4-26-16-12-20(18(24)25,19(16,2)3)22-17(23)8-6-13-5-7-15-14(11-13)9-10-21-15/h5,7,9-11,16,21H,4,6,8,12H2,1-3H3,(H,22,23)(H,24,25). The van der Waals surface area contributed by atoms with E-state index in [9.17, 15) is 14.7 Å². The van der Waals surface area contributed by atoms with E-state index in [0.717, 1.165) is 16.5 Å². The monoisotopic (exact) mass is 358 g/mol. The Balaban J connectivity index is 1.65. The minimum Gasteiger partial charge on any atom is -0.479 e. The number of H-pyrrole nitrogens is 1. The summed E-state index contributed by atoms with van der Waals surface area (Å²) < 4.78 is 5.63. The molecule has 1 heterocycles. The number of nitrogens with one attached hydrogen (secondary N) is 2. The van der Waals surface area contributed by atoms with Gasteiger partial charge in [-0.1, -0.05) is 19.9 Å². The van der Waals surface area contributed by atoms with Crippen LogP contribution in [0.2, 0.25) is 0 Å². The molecule has 1 fully saturated rings. The summed E-state index contributed by atoms with van der Waals surface area (Å²) in [5.41, 5.74) is 0.182. The lowest BCUT2D eigenvalue weighted by molar-refractivity contribution is -0.194. The van der Waals surface area contributed by atoms with Crippen molar-refractivity contribution in [2.75, 3.05) is 6.61 Å². The highest BCUT2D eigenvalue weighted by Gasteiger charge is 2.66. The Bertz CT molecular complexity index is 826. The summed E-state index contributed by atoms with van der Waals surface area (Å²) >= 11 is 0. The number of aliphatic carboxylic acids is 1. The van der Waals surface area contributed by atoms with E-state index in [2.05, 4.69) is 10.3 Å². The van der Waals surface area contributed by atoms with Crippen LogP contribution in [0.1, 0.15) is 39.2 Å². The maximum Gasteiger partial charge on any atom is 0.330 e. The number of aromatic amines is 1. The van der Waals surface area contributed by atoms with Crippen LogP contribution in [0.25, 0.3) is 10.9 Å². The van der Waals surface area contributed by atoms with Crippen molar-refractivity contribution < 1.29 is 19.4 Å². The van der Waals surface area contributed by atoms with Crippen LogP contribution in [0.5, 0.6) is 0 Å². The van der Waals surface area contributed by atoms with Crippen molar-refractivity contribution in [2.45, 2.75) is 51.7 Å². The van der Waals surface area contributed by atoms with Gasteiger partial charge in [0.25, 0.3) is 0 Å². The predicted molar refractivity (Wildman–Crippen MR) is 98.9 cm³/mol. The Morgan fingerprint density at radius 3 is 2.77 bits per heavy atom. The molecular weight excluding hydrogens is 332 g/mol. The lowest BCUT2D eigenvalue weighted by Crippen LogP contribution is -2.76. The van der Waals surface area contributed by atoms with E-state index in [1.54, 1.807) is 0 Å². The molecule has 0 aliphatic heterocycles. The molecule has 2 aromatic rings. The van der Waals surface area contributed by atoms with Gasteiger partial charge < -0.3 is 20.1 Å². The third-order valence-electron chi connectivity index (χ3n) is 5.74. The molecule has 0 radical (unpaired) electrons. The topological polar surface area (TPSA) is 91.4 Å². The molecule has 26 heavy (non-hydrogen) atoms. The zero-order chi connectivity index (χ0) is 18.9. The molecule has 6 heteroatoms. The van der Waals surface area contributed by atoms with E-state index in [4.69, 9.17) is 4.74 Å². The molecule has 1 aliphatic rings. The van der Waals surface area contributed by atoms with E-state index in [1.807, 2.05) is 51.2 Å². The number of carboxylic acids is 1. The maximum absolute atomic E-state index is 12.5. The van der Waals surface area contributed by atoms with Gasteiger partial charge in [-0.2, -0.15) is 0 Å². The number of hydrogen-bond acceptors (Lipinski definition) is 3. The summed E-state index contributed by atoms with van der Waals surface area (Å²) in [6, 6.07) is 8.01. The third-order valence-corrected chi connectivity index (χ3v) is 5.74. The van der Waals surface area contributed by atoms with Gasteiger partial charge in [-0.05, 0) is 42.5 Å². The van der Waals surface area contributed by atoms with Crippen LogP contribution in [0, 0.1) is 5.41 Å². The molecule has 2 atom stereocenters. The van der Waals surface area contributed by atoms with Crippen molar-refractivity contribution in [3.8, 4) is 0 Å². The van der Waals surface area contributed by atoms with Crippen LogP contribution < -0.4 is 5.32 Å². The number of fused-ring (bicyclic) bond motifs is 1. The van der Waals surface area contributed by atoms with Crippen LogP contribution in [0.15, 0.2) is 30.5 Å². The number of hydrogen-bond donors (Lipinski definition) is 3. The zero-order valence-electron chi connectivity index (χ0n) is 15.5. The molecule has 1 amide bonds. The summed E-state index contributed by atoms with van der Waals surface area (Å²) in [5, 5.41) is 13.6. The minimum absolute atomic E-state index is 0.167. The summed E-state index contributed by atoms with van der Waals surface area (Å²) in [6.45, 7) is 6.09. The highest BCUT2D eigenvalue weighted by atomic mass is 16.5. The van der Waals surface area contributed by atoms with Crippen LogP contribution in [-0.4, -0.2) is 40.2 Å². The Kier molecular flexibility index (Phi) is 4.80. The quantitative estimate of drug-likeness (QED) is 0.710. The van der Waals surface area contributed by atoms with Crippen molar-refractivity contribution >= 4 is 22.8 Å². The molecule has 3 rings (SSSR count). The van der Waals surface area contributed by atoms with Crippen molar-refractivity contribution in [1.29, 1.82) is 0 Å². The van der Waals surface area contributed by atoms with Crippen LogP contribution in [0.3, 0.4) is 0 Å². The van der Waals surface area contributed by atoms with E-state index in [1.165, 1.54) is 0 Å². The number of carbonyl (C=O) groups is 2. The number of carbonyl (C=O) groups excluding carboxylic acids is 1. The predicted octanol–water partition coefficient (Wildman–Crippen LogP) is 2.88. The zero-order valence-corrected chi connectivity index (χ0v) is 15.5. The maximum atomic E-state index is 12.5. The molecule has 1 aliphatic carbocycles. The Morgan fingerprint density at radius 1 is 1.35 bits per heavy atom. The van der Waals surface area contributed by atoms with Gasteiger partial charge in [-0.15, -0.1) is 0 Å².